The van der Waals surface area contributed by atoms with E-state index in [1.54, 1.807) is 18.3 Å². The summed E-state index contributed by atoms with van der Waals surface area (Å²) in [6, 6.07) is 10.2. The van der Waals surface area contributed by atoms with Gasteiger partial charge in [0.15, 0.2) is 5.78 Å². The number of likely N-dealkylation sites (tertiary alicyclic amines) is 1. The zero-order valence-electron chi connectivity index (χ0n) is 17.4. The number of pyridine rings is 1. The van der Waals surface area contributed by atoms with Crippen molar-refractivity contribution >= 4 is 23.3 Å². The van der Waals surface area contributed by atoms with Crippen LogP contribution in [-0.2, 0) is 4.79 Å². The predicted octanol–water partition coefficient (Wildman–Crippen LogP) is 4.67. The molecule has 7 heteroatoms. The van der Waals surface area contributed by atoms with E-state index in [4.69, 9.17) is 5.26 Å². The van der Waals surface area contributed by atoms with E-state index in [1.165, 1.54) is 6.20 Å². The van der Waals surface area contributed by atoms with E-state index in [1.807, 2.05) is 44.2 Å². The Bertz CT molecular complexity index is 1060. The summed E-state index contributed by atoms with van der Waals surface area (Å²) in [5, 5.41) is 9.04. The third-order valence-corrected chi connectivity index (χ3v) is 5.34. The van der Waals surface area contributed by atoms with Crippen LogP contribution in [0.3, 0.4) is 0 Å². The van der Waals surface area contributed by atoms with E-state index in [9.17, 15) is 18.4 Å². The summed E-state index contributed by atoms with van der Waals surface area (Å²) in [7, 11) is 0. The number of alkyl halides is 2. The molecule has 2 aromatic rings. The molecule has 5 nitrogen and oxygen atoms in total. The van der Waals surface area contributed by atoms with Gasteiger partial charge in [0.2, 0.25) is 5.91 Å². The topological polar surface area (TPSA) is 74.1 Å². The maximum atomic E-state index is 13.6. The highest BCUT2D eigenvalue weighted by atomic mass is 19.3. The summed E-state index contributed by atoms with van der Waals surface area (Å²) in [6.07, 6.45) is 3.92. The van der Waals surface area contributed by atoms with Gasteiger partial charge in [0.05, 0.1) is 12.6 Å². The second-order valence-corrected chi connectivity index (χ2v) is 7.81. The van der Waals surface area contributed by atoms with E-state index < -0.39 is 30.8 Å². The van der Waals surface area contributed by atoms with Gasteiger partial charge >= 0.3 is 0 Å². The number of Topliss-reactive ketones (excluding diaryl/α,β-unsaturated/α-hetero) is 1. The Hall–Kier alpha value is -3.40. The van der Waals surface area contributed by atoms with Crippen molar-refractivity contribution in [1.29, 1.82) is 5.26 Å². The molecule has 1 aromatic carbocycles. The SMILES string of the molecule is C/C(=C\c1cnccc1C(=O)CCC(=O)N1CC(F)(F)C[C@H]1C#N)c1ccc(C)cc1. The Morgan fingerprint density at radius 1 is 1.26 bits per heavy atom. The normalized spacial score (nSPS) is 18.0. The predicted molar refractivity (Wildman–Crippen MR) is 113 cm³/mol. The van der Waals surface area contributed by atoms with Gasteiger partial charge in [-0.2, -0.15) is 5.26 Å². The van der Waals surface area contributed by atoms with Crippen molar-refractivity contribution in [2.75, 3.05) is 6.54 Å². The molecular weight excluding hydrogens is 400 g/mol. The average molecular weight is 423 g/mol. The van der Waals surface area contributed by atoms with Gasteiger partial charge in [0.25, 0.3) is 5.92 Å². The van der Waals surface area contributed by atoms with Crippen LogP contribution in [0, 0.1) is 18.3 Å². The lowest BCUT2D eigenvalue weighted by atomic mass is 9.98. The van der Waals surface area contributed by atoms with Gasteiger partial charge in [0, 0.05) is 42.8 Å². The zero-order chi connectivity index (χ0) is 22.6. The van der Waals surface area contributed by atoms with Crippen LogP contribution < -0.4 is 0 Å². The number of nitriles is 1. The van der Waals surface area contributed by atoms with Crippen LogP contribution in [0.5, 0.6) is 0 Å². The first kappa shape index (κ1) is 22.3. The number of hydrogen-bond donors (Lipinski definition) is 0. The van der Waals surface area contributed by atoms with Gasteiger partial charge in [-0.25, -0.2) is 8.78 Å². The number of halogens is 2. The van der Waals surface area contributed by atoms with Crippen molar-refractivity contribution in [2.45, 2.75) is 45.1 Å². The lowest BCUT2D eigenvalue weighted by molar-refractivity contribution is -0.132. The number of allylic oxidation sites excluding steroid dienone is 1. The fraction of sp³-hybridized carbons (Fsp3) is 0.333. The molecule has 0 aliphatic carbocycles. The van der Waals surface area contributed by atoms with Crippen molar-refractivity contribution in [3.05, 3.63) is 65.0 Å². The van der Waals surface area contributed by atoms with E-state index in [0.29, 0.717) is 11.1 Å². The standard InChI is InChI=1S/C24H23F2N3O2/c1-16-3-5-18(6-4-16)17(2)11-19-14-28-10-9-21(19)22(30)7-8-23(31)29-15-24(25,26)12-20(29)13-27/h3-6,9-11,14,20H,7-8,12,15H2,1-2H3/b17-11+/t20-/m0/s1. The van der Waals surface area contributed by atoms with Crippen LogP contribution in [0.15, 0.2) is 42.7 Å². The first-order valence-corrected chi connectivity index (χ1v) is 9.99. The fourth-order valence-electron chi connectivity index (χ4n) is 3.60. The molecule has 2 heterocycles. The Morgan fingerprint density at radius 3 is 2.65 bits per heavy atom. The van der Waals surface area contributed by atoms with Gasteiger partial charge in [-0.05, 0) is 37.1 Å². The Labute approximate surface area is 180 Å². The maximum Gasteiger partial charge on any atom is 0.268 e. The maximum absolute atomic E-state index is 13.6. The number of aromatic nitrogens is 1. The van der Waals surface area contributed by atoms with Crippen LogP contribution in [-0.4, -0.2) is 40.1 Å². The Kier molecular flexibility index (Phi) is 6.59. The van der Waals surface area contributed by atoms with Crippen molar-refractivity contribution in [2.24, 2.45) is 0 Å². The fourth-order valence-corrected chi connectivity index (χ4v) is 3.60. The number of rotatable bonds is 6. The number of hydrogen-bond acceptors (Lipinski definition) is 4. The van der Waals surface area contributed by atoms with Crippen molar-refractivity contribution in [3.63, 3.8) is 0 Å². The lowest BCUT2D eigenvalue weighted by Gasteiger charge is -2.18. The highest BCUT2D eigenvalue weighted by molar-refractivity contribution is 6.02. The second-order valence-electron chi connectivity index (χ2n) is 7.81. The quantitative estimate of drug-likeness (QED) is 0.633. The van der Waals surface area contributed by atoms with E-state index in [2.05, 4.69) is 4.98 Å². The number of carbonyl (C=O) groups is 2. The van der Waals surface area contributed by atoms with E-state index >= 15 is 0 Å². The number of aryl methyl sites for hydroxylation is 1. The molecule has 160 valence electrons. The zero-order valence-corrected chi connectivity index (χ0v) is 17.4. The first-order valence-electron chi connectivity index (χ1n) is 9.99. The monoisotopic (exact) mass is 423 g/mol. The van der Waals surface area contributed by atoms with Gasteiger partial charge in [-0.1, -0.05) is 29.8 Å². The smallest absolute Gasteiger partial charge is 0.268 e. The molecule has 0 saturated carbocycles. The molecule has 1 amide bonds. The third kappa shape index (κ3) is 5.40. The number of ketones is 1. The molecule has 1 aliphatic heterocycles. The van der Waals surface area contributed by atoms with E-state index in [-0.39, 0.29) is 18.6 Å². The molecule has 0 N–H and O–H groups in total. The van der Waals surface area contributed by atoms with Gasteiger partial charge < -0.3 is 4.90 Å². The molecule has 0 unspecified atom stereocenters. The molecule has 0 radical (unpaired) electrons. The summed E-state index contributed by atoms with van der Waals surface area (Å²) < 4.78 is 27.1. The molecule has 0 bridgehead atoms. The average Bonchev–Trinajstić information content (AvgIpc) is 3.07. The lowest BCUT2D eigenvalue weighted by Crippen LogP contribution is -2.36. The number of amides is 1. The molecule has 0 spiro atoms. The summed E-state index contributed by atoms with van der Waals surface area (Å²) in [6.45, 7) is 3.16. The summed E-state index contributed by atoms with van der Waals surface area (Å²) in [5.74, 6) is -3.96. The van der Waals surface area contributed by atoms with Crippen LogP contribution >= 0.6 is 0 Å². The number of benzene rings is 1. The highest BCUT2D eigenvalue weighted by Crippen LogP contribution is 2.32. The largest absolute Gasteiger partial charge is 0.320 e. The van der Waals surface area contributed by atoms with Crippen LogP contribution in [0.4, 0.5) is 8.78 Å². The van der Waals surface area contributed by atoms with Crippen LogP contribution in [0.2, 0.25) is 0 Å². The minimum atomic E-state index is -3.07. The van der Waals surface area contributed by atoms with Crippen molar-refractivity contribution in [1.82, 2.24) is 9.88 Å². The molecule has 31 heavy (non-hydrogen) atoms. The number of carbonyl (C=O) groups excluding carboxylic acids is 2. The molecule has 1 saturated heterocycles. The van der Waals surface area contributed by atoms with Crippen molar-refractivity contribution in [3.8, 4) is 6.07 Å². The minimum Gasteiger partial charge on any atom is -0.320 e. The molecule has 3 rings (SSSR count). The summed E-state index contributed by atoms with van der Waals surface area (Å²) >= 11 is 0. The van der Waals surface area contributed by atoms with Gasteiger partial charge in [-0.15, -0.1) is 0 Å². The van der Waals surface area contributed by atoms with Gasteiger partial charge in [0.1, 0.15) is 6.04 Å². The molecular formula is C24H23F2N3O2. The second kappa shape index (κ2) is 9.17. The molecule has 1 atom stereocenters. The molecule has 1 aromatic heterocycles. The Morgan fingerprint density at radius 2 is 1.97 bits per heavy atom. The minimum absolute atomic E-state index is 0.131. The van der Waals surface area contributed by atoms with Crippen LogP contribution in [0.25, 0.3) is 11.6 Å². The highest BCUT2D eigenvalue weighted by Gasteiger charge is 2.47. The molecule has 1 fully saturated rings. The Balaban J connectivity index is 1.72. The summed E-state index contributed by atoms with van der Waals surface area (Å²) in [4.78, 5) is 30.1. The first-order chi connectivity index (χ1) is 14.7. The van der Waals surface area contributed by atoms with Gasteiger partial charge in [-0.3, -0.25) is 14.6 Å². The van der Waals surface area contributed by atoms with Crippen LogP contribution in [0.1, 0.15) is 53.2 Å². The van der Waals surface area contributed by atoms with E-state index in [0.717, 1.165) is 21.6 Å². The van der Waals surface area contributed by atoms with Crippen molar-refractivity contribution < 1.29 is 18.4 Å². The molecule has 1 aliphatic rings. The number of nitrogens with zero attached hydrogens (tertiary/aromatic N) is 3. The summed E-state index contributed by atoms with van der Waals surface area (Å²) in [5.41, 5.74) is 4.15. The third-order valence-electron chi connectivity index (χ3n) is 5.34.